The molecule has 3 heterocycles. The summed E-state index contributed by atoms with van der Waals surface area (Å²) in [4.78, 5) is 26.5. The Kier molecular flexibility index (Phi) is 4.48. The van der Waals surface area contributed by atoms with Gasteiger partial charge in [0.15, 0.2) is 0 Å². The Morgan fingerprint density at radius 2 is 1.92 bits per heavy atom. The van der Waals surface area contributed by atoms with Gasteiger partial charge in [0.25, 0.3) is 5.91 Å². The topological polar surface area (TPSA) is 85.9 Å². The second-order valence-corrected chi connectivity index (χ2v) is 6.77. The van der Waals surface area contributed by atoms with E-state index in [9.17, 15) is 4.79 Å². The Bertz CT molecular complexity index is 946. The van der Waals surface area contributed by atoms with Crippen molar-refractivity contribution in [2.24, 2.45) is 0 Å². The molecule has 3 N–H and O–H groups in total. The molecule has 1 aromatic carbocycles. The van der Waals surface area contributed by atoms with Gasteiger partial charge in [-0.3, -0.25) is 4.79 Å². The third kappa shape index (κ3) is 3.36. The highest BCUT2D eigenvalue weighted by molar-refractivity contribution is 6.31. The van der Waals surface area contributed by atoms with E-state index in [0.717, 1.165) is 42.6 Å². The molecule has 0 saturated carbocycles. The van der Waals surface area contributed by atoms with E-state index in [2.05, 4.69) is 30.5 Å². The van der Waals surface area contributed by atoms with Crippen LogP contribution in [0.3, 0.4) is 0 Å². The lowest BCUT2D eigenvalue weighted by atomic mass is 10.1. The molecular formula is C18H19ClN6O. The summed E-state index contributed by atoms with van der Waals surface area (Å²) >= 11 is 6.08. The number of aryl methyl sites for hydroxylation is 1. The number of rotatable bonds is 3. The predicted octanol–water partition coefficient (Wildman–Crippen LogP) is 2.58. The highest BCUT2D eigenvalue weighted by Crippen LogP contribution is 2.24. The van der Waals surface area contributed by atoms with Gasteiger partial charge >= 0.3 is 0 Å². The molecule has 1 aliphatic heterocycles. The lowest BCUT2D eigenvalue weighted by molar-refractivity contribution is 0.102. The lowest BCUT2D eigenvalue weighted by Crippen LogP contribution is -2.44. The first-order valence-corrected chi connectivity index (χ1v) is 8.86. The fourth-order valence-electron chi connectivity index (χ4n) is 3.11. The fraction of sp³-hybridized carbons (Fsp3) is 0.278. The number of fused-ring (bicyclic) bond motifs is 1. The molecule has 0 atom stereocenters. The van der Waals surface area contributed by atoms with E-state index in [1.54, 1.807) is 12.4 Å². The molecule has 0 bridgehead atoms. The average Bonchev–Trinajstić information content (AvgIpc) is 3.08. The van der Waals surface area contributed by atoms with Crippen molar-refractivity contribution < 1.29 is 4.79 Å². The normalized spacial score (nSPS) is 14.6. The molecule has 1 fully saturated rings. The van der Waals surface area contributed by atoms with Crippen molar-refractivity contribution in [3.63, 3.8) is 0 Å². The van der Waals surface area contributed by atoms with Crippen LogP contribution in [0.5, 0.6) is 0 Å². The van der Waals surface area contributed by atoms with Crippen molar-refractivity contribution in [1.29, 1.82) is 0 Å². The van der Waals surface area contributed by atoms with Gasteiger partial charge in [0.05, 0.1) is 18.1 Å². The van der Waals surface area contributed by atoms with Crippen LogP contribution in [0.4, 0.5) is 11.6 Å². The van der Waals surface area contributed by atoms with Crippen molar-refractivity contribution in [2.45, 2.75) is 6.92 Å². The van der Waals surface area contributed by atoms with E-state index in [0.29, 0.717) is 22.4 Å². The number of aromatic amines is 1. The predicted molar refractivity (Wildman–Crippen MR) is 103 cm³/mol. The van der Waals surface area contributed by atoms with Gasteiger partial charge in [0.2, 0.25) is 5.95 Å². The first-order chi connectivity index (χ1) is 12.6. The molecular weight excluding hydrogens is 352 g/mol. The van der Waals surface area contributed by atoms with Crippen molar-refractivity contribution in [3.8, 4) is 0 Å². The molecule has 1 aliphatic rings. The summed E-state index contributed by atoms with van der Waals surface area (Å²) in [5.41, 5.74) is 2.89. The third-order valence-electron chi connectivity index (χ3n) is 4.45. The zero-order chi connectivity index (χ0) is 18.1. The van der Waals surface area contributed by atoms with Crippen molar-refractivity contribution >= 4 is 40.0 Å². The minimum Gasteiger partial charge on any atom is -0.350 e. The number of carbonyl (C=O) groups is 1. The van der Waals surface area contributed by atoms with Gasteiger partial charge in [0.1, 0.15) is 5.69 Å². The highest BCUT2D eigenvalue weighted by atomic mass is 35.5. The Morgan fingerprint density at radius 3 is 2.65 bits per heavy atom. The highest BCUT2D eigenvalue weighted by Gasteiger charge is 2.14. The molecule has 3 aromatic rings. The number of nitrogens with zero attached hydrogens (tertiary/aromatic N) is 3. The molecule has 0 aliphatic carbocycles. The average molecular weight is 371 g/mol. The first-order valence-electron chi connectivity index (χ1n) is 8.48. The molecule has 1 amide bonds. The molecule has 8 heteroatoms. The van der Waals surface area contributed by atoms with Gasteiger partial charge in [-0.15, -0.1) is 0 Å². The smallest absolute Gasteiger partial charge is 0.272 e. The summed E-state index contributed by atoms with van der Waals surface area (Å²) in [6.45, 7) is 5.56. The molecule has 4 rings (SSSR count). The van der Waals surface area contributed by atoms with Gasteiger partial charge in [-0.2, -0.15) is 0 Å². The number of hydrogen-bond donors (Lipinski definition) is 3. The molecule has 1 saturated heterocycles. The monoisotopic (exact) mass is 370 g/mol. The van der Waals surface area contributed by atoms with E-state index < -0.39 is 0 Å². The number of nitrogens with one attached hydrogen (secondary N) is 3. The standard InChI is InChI=1S/C18H19ClN6O/c1-11-6-12(19)7-15-14(11)8-16(24-15)17(26)23-13-9-21-18(22-10-13)25-4-2-20-3-5-25/h6-10,20,24H,2-5H2,1H3,(H,23,26). The lowest BCUT2D eigenvalue weighted by Gasteiger charge is -2.27. The van der Waals surface area contributed by atoms with Gasteiger partial charge < -0.3 is 20.5 Å². The van der Waals surface area contributed by atoms with Crippen LogP contribution in [-0.4, -0.2) is 47.0 Å². The maximum atomic E-state index is 12.5. The van der Waals surface area contributed by atoms with E-state index in [-0.39, 0.29) is 5.91 Å². The van der Waals surface area contributed by atoms with Gasteiger partial charge in [-0.05, 0) is 30.7 Å². The van der Waals surface area contributed by atoms with Crippen LogP contribution in [0.25, 0.3) is 10.9 Å². The number of aromatic nitrogens is 3. The second-order valence-electron chi connectivity index (χ2n) is 6.33. The quantitative estimate of drug-likeness (QED) is 0.659. The Hall–Kier alpha value is -2.64. The van der Waals surface area contributed by atoms with Crippen molar-refractivity contribution in [3.05, 3.63) is 46.9 Å². The molecule has 0 spiro atoms. The number of amides is 1. The van der Waals surface area contributed by atoms with Gasteiger partial charge in [-0.1, -0.05) is 11.6 Å². The summed E-state index contributed by atoms with van der Waals surface area (Å²) < 4.78 is 0. The molecule has 134 valence electrons. The van der Waals surface area contributed by atoms with Crippen LogP contribution in [0.2, 0.25) is 5.02 Å². The van der Waals surface area contributed by atoms with E-state index in [1.807, 2.05) is 25.1 Å². The largest absolute Gasteiger partial charge is 0.350 e. The van der Waals surface area contributed by atoms with Crippen LogP contribution in [-0.2, 0) is 0 Å². The van der Waals surface area contributed by atoms with Crippen LogP contribution in [0.15, 0.2) is 30.6 Å². The van der Waals surface area contributed by atoms with Crippen LogP contribution in [0, 0.1) is 6.92 Å². The van der Waals surface area contributed by atoms with E-state index in [4.69, 9.17) is 11.6 Å². The summed E-state index contributed by atoms with van der Waals surface area (Å²) in [7, 11) is 0. The maximum absolute atomic E-state index is 12.5. The summed E-state index contributed by atoms with van der Waals surface area (Å²) in [6, 6.07) is 5.51. The zero-order valence-corrected chi connectivity index (χ0v) is 15.1. The van der Waals surface area contributed by atoms with Crippen LogP contribution >= 0.6 is 11.6 Å². The Labute approximate surface area is 155 Å². The second kappa shape index (κ2) is 6.93. The SMILES string of the molecule is Cc1cc(Cl)cc2[nH]c(C(=O)Nc3cnc(N4CCNCC4)nc3)cc12. The molecule has 7 nitrogen and oxygen atoms in total. The first kappa shape index (κ1) is 16.8. The van der Waals surface area contributed by atoms with E-state index in [1.165, 1.54) is 0 Å². The van der Waals surface area contributed by atoms with Gasteiger partial charge in [-0.25, -0.2) is 9.97 Å². The number of benzene rings is 1. The van der Waals surface area contributed by atoms with Crippen molar-refractivity contribution in [2.75, 3.05) is 36.4 Å². The zero-order valence-electron chi connectivity index (χ0n) is 14.3. The summed E-state index contributed by atoms with van der Waals surface area (Å²) in [6.07, 6.45) is 3.26. The fourth-order valence-corrected chi connectivity index (χ4v) is 3.38. The molecule has 0 radical (unpaired) electrons. The summed E-state index contributed by atoms with van der Waals surface area (Å²) in [5.74, 6) is 0.440. The van der Waals surface area contributed by atoms with Crippen LogP contribution in [0.1, 0.15) is 16.1 Å². The molecule has 26 heavy (non-hydrogen) atoms. The summed E-state index contributed by atoms with van der Waals surface area (Å²) in [5, 5.41) is 7.73. The minimum atomic E-state index is -0.241. The molecule has 0 unspecified atom stereocenters. The minimum absolute atomic E-state index is 0.241. The third-order valence-corrected chi connectivity index (χ3v) is 4.67. The number of halogens is 1. The number of H-pyrrole nitrogens is 1. The number of hydrogen-bond acceptors (Lipinski definition) is 5. The number of carbonyl (C=O) groups excluding carboxylic acids is 1. The molecule has 2 aromatic heterocycles. The maximum Gasteiger partial charge on any atom is 0.272 e. The van der Waals surface area contributed by atoms with Gasteiger partial charge in [0, 0.05) is 42.1 Å². The van der Waals surface area contributed by atoms with Crippen molar-refractivity contribution in [1.82, 2.24) is 20.3 Å². The van der Waals surface area contributed by atoms with Crippen LogP contribution < -0.4 is 15.5 Å². The Morgan fingerprint density at radius 1 is 1.19 bits per heavy atom. The number of anilines is 2. The number of piperazine rings is 1. The van der Waals surface area contributed by atoms with E-state index >= 15 is 0 Å². The Balaban J connectivity index is 1.50.